The molecule has 0 aromatic carbocycles. The monoisotopic (exact) mass is 228 g/mol. The van der Waals surface area contributed by atoms with Crippen LogP contribution < -0.4 is 5.73 Å². The van der Waals surface area contributed by atoms with Crippen molar-refractivity contribution in [2.24, 2.45) is 17.6 Å². The molecule has 0 aromatic heterocycles. The first kappa shape index (κ1) is 13.5. The third-order valence-electron chi connectivity index (χ3n) is 3.62. The summed E-state index contributed by atoms with van der Waals surface area (Å²) in [6.45, 7) is 5.21. The van der Waals surface area contributed by atoms with Crippen LogP contribution in [0, 0.1) is 11.8 Å². The van der Waals surface area contributed by atoms with Gasteiger partial charge in [-0.15, -0.1) is 0 Å². The lowest BCUT2D eigenvalue weighted by molar-refractivity contribution is -0.138. The summed E-state index contributed by atoms with van der Waals surface area (Å²) in [7, 11) is 0. The van der Waals surface area contributed by atoms with E-state index in [0.717, 1.165) is 19.3 Å². The standard InChI is InChI=1S/C12H24N2O2/c1-3-14(6-7-15)12(16)11-8-10(13)5-4-9(11)2/h9-11,15H,3-8,13H2,1-2H3. The molecule has 0 spiro atoms. The Morgan fingerprint density at radius 3 is 2.75 bits per heavy atom. The minimum Gasteiger partial charge on any atom is -0.395 e. The first-order chi connectivity index (χ1) is 7.60. The van der Waals surface area contributed by atoms with Crippen LogP contribution in [0.3, 0.4) is 0 Å². The number of amides is 1. The summed E-state index contributed by atoms with van der Waals surface area (Å²) >= 11 is 0. The summed E-state index contributed by atoms with van der Waals surface area (Å²) in [6.07, 6.45) is 2.85. The van der Waals surface area contributed by atoms with E-state index < -0.39 is 0 Å². The summed E-state index contributed by atoms with van der Waals surface area (Å²) < 4.78 is 0. The van der Waals surface area contributed by atoms with E-state index in [1.54, 1.807) is 4.90 Å². The summed E-state index contributed by atoms with van der Waals surface area (Å²) in [5.41, 5.74) is 5.92. The summed E-state index contributed by atoms with van der Waals surface area (Å²) in [6, 6.07) is 0.165. The molecule has 1 rings (SSSR count). The Bertz CT molecular complexity index is 233. The number of rotatable bonds is 4. The zero-order valence-electron chi connectivity index (χ0n) is 10.4. The second-order valence-electron chi connectivity index (χ2n) is 4.80. The van der Waals surface area contributed by atoms with Gasteiger partial charge >= 0.3 is 0 Å². The zero-order valence-corrected chi connectivity index (χ0v) is 10.4. The first-order valence-electron chi connectivity index (χ1n) is 6.25. The third kappa shape index (κ3) is 3.19. The number of hydrogen-bond acceptors (Lipinski definition) is 3. The van der Waals surface area contributed by atoms with Crippen LogP contribution in [0.5, 0.6) is 0 Å². The molecule has 16 heavy (non-hydrogen) atoms. The minimum atomic E-state index is 0.0345. The summed E-state index contributed by atoms with van der Waals surface area (Å²) in [5, 5.41) is 8.91. The van der Waals surface area contributed by atoms with Crippen LogP contribution in [-0.2, 0) is 4.79 Å². The number of nitrogens with zero attached hydrogens (tertiary/aromatic N) is 1. The SMILES string of the molecule is CCN(CCO)C(=O)C1CC(N)CCC1C. The maximum absolute atomic E-state index is 12.2. The number of carbonyl (C=O) groups is 1. The van der Waals surface area contributed by atoms with E-state index in [1.807, 2.05) is 6.92 Å². The largest absolute Gasteiger partial charge is 0.395 e. The number of likely N-dealkylation sites (N-methyl/N-ethyl adjacent to an activating group) is 1. The lowest BCUT2D eigenvalue weighted by Gasteiger charge is -2.35. The number of nitrogens with two attached hydrogens (primary N) is 1. The molecule has 0 bridgehead atoms. The highest BCUT2D eigenvalue weighted by atomic mass is 16.3. The van der Waals surface area contributed by atoms with E-state index in [2.05, 4.69) is 6.92 Å². The second kappa shape index (κ2) is 6.21. The van der Waals surface area contributed by atoms with Crippen molar-refractivity contribution < 1.29 is 9.90 Å². The van der Waals surface area contributed by atoms with E-state index in [-0.39, 0.29) is 24.5 Å². The molecule has 0 radical (unpaired) electrons. The minimum absolute atomic E-state index is 0.0345. The van der Waals surface area contributed by atoms with Crippen molar-refractivity contribution in [3.05, 3.63) is 0 Å². The number of aliphatic hydroxyl groups excluding tert-OH is 1. The average Bonchev–Trinajstić information content (AvgIpc) is 2.28. The summed E-state index contributed by atoms with van der Waals surface area (Å²) in [5.74, 6) is 0.634. The van der Waals surface area contributed by atoms with Crippen molar-refractivity contribution in [1.82, 2.24) is 4.90 Å². The maximum atomic E-state index is 12.2. The third-order valence-corrected chi connectivity index (χ3v) is 3.62. The average molecular weight is 228 g/mol. The highest BCUT2D eigenvalue weighted by Crippen LogP contribution is 2.30. The lowest BCUT2D eigenvalue weighted by Crippen LogP contribution is -2.44. The fourth-order valence-corrected chi connectivity index (χ4v) is 2.48. The molecule has 4 heteroatoms. The summed E-state index contributed by atoms with van der Waals surface area (Å²) in [4.78, 5) is 14.0. The van der Waals surface area contributed by atoms with Crippen LogP contribution in [0.2, 0.25) is 0 Å². The van der Waals surface area contributed by atoms with Gasteiger partial charge in [0.25, 0.3) is 0 Å². The molecule has 0 aromatic rings. The Hall–Kier alpha value is -0.610. The van der Waals surface area contributed by atoms with Crippen molar-refractivity contribution >= 4 is 5.91 Å². The molecule has 0 saturated heterocycles. The van der Waals surface area contributed by atoms with Gasteiger partial charge < -0.3 is 15.7 Å². The van der Waals surface area contributed by atoms with Crippen molar-refractivity contribution in [1.29, 1.82) is 0 Å². The normalized spacial score (nSPS) is 30.1. The molecule has 1 aliphatic carbocycles. The molecule has 94 valence electrons. The van der Waals surface area contributed by atoms with Gasteiger partial charge in [-0.05, 0) is 32.1 Å². The molecule has 0 aliphatic heterocycles. The molecule has 3 atom stereocenters. The zero-order chi connectivity index (χ0) is 12.1. The molecular formula is C12H24N2O2. The van der Waals surface area contributed by atoms with Gasteiger partial charge in [0, 0.05) is 25.0 Å². The number of aliphatic hydroxyl groups is 1. The molecule has 4 nitrogen and oxygen atoms in total. The Morgan fingerprint density at radius 1 is 1.50 bits per heavy atom. The highest BCUT2D eigenvalue weighted by molar-refractivity contribution is 5.79. The number of carbonyl (C=O) groups excluding carboxylic acids is 1. The maximum Gasteiger partial charge on any atom is 0.226 e. The molecule has 1 aliphatic rings. The van der Waals surface area contributed by atoms with E-state index >= 15 is 0 Å². The van der Waals surface area contributed by atoms with Gasteiger partial charge in [0.15, 0.2) is 0 Å². The number of hydrogen-bond donors (Lipinski definition) is 2. The molecule has 3 unspecified atom stereocenters. The van der Waals surface area contributed by atoms with Gasteiger partial charge in [0.1, 0.15) is 0 Å². The first-order valence-corrected chi connectivity index (χ1v) is 6.25. The molecular weight excluding hydrogens is 204 g/mol. The fourth-order valence-electron chi connectivity index (χ4n) is 2.48. The molecule has 1 fully saturated rings. The van der Waals surface area contributed by atoms with Gasteiger partial charge in [0.05, 0.1) is 6.61 Å². The van der Waals surface area contributed by atoms with Gasteiger partial charge in [-0.3, -0.25) is 4.79 Å². The smallest absolute Gasteiger partial charge is 0.226 e. The van der Waals surface area contributed by atoms with Crippen molar-refractivity contribution in [2.75, 3.05) is 19.7 Å². The Labute approximate surface area is 97.8 Å². The van der Waals surface area contributed by atoms with Crippen LogP contribution in [0.4, 0.5) is 0 Å². The van der Waals surface area contributed by atoms with Crippen LogP contribution in [0.1, 0.15) is 33.1 Å². The van der Waals surface area contributed by atoms with Gasteiger partial charge in [0.2, 0.25) is 5.91 Å². The Balaban J connectivity index is 2.62. The van der Waals surface area contributed by atoms with E-state index in [4.69, 9.17) is 10.8 Å². The van der Waals surface area contributed by atoms with Crippen molar-refractivity contribution in [2.45, 2.75) is 39.2 Å². The lowest BCUT2D eigenvalue weighted by atomic mass is 9.77. The predicted octanol–water partition coefficient (Wildman–Crippen LogP) is 0.591. The van der Waals surface area contributed by atoms with E-state index in [0.29, 0.717) is 19.0 Å². The van der Waals surface area contributed by atoms with E-state index in [9.17, 15) is 4.79 Å². The topological polar surface area (TPSA) is 66.6 Å². The van der Waals surface area contributed by atoms with Crippen LogP contribution in [0.15, 0.2) is 0 Å². The highest BCUT2D eigenvalue weighted by Gasteiger charge is 2.33. The Kier molecular flexibility index (Phi) is 5.22. The van der Waals surface area contributed by atoms with Crippen molar-refractivity contribution in [3.8, 4) is 0 Å². The predicted molar refractivity (Wildman–Crippen MR) is 63.8 cm³/mol. The van der Waals surface area contributed by atoms with Crippen LogP contribution >= 0.6 is 0 Å². The van der Waals surface area contributed by atoms with Gasteiger partial charge in [-0.2, -0.15) is 0 Å². The van der Waals surface area contributed by atoms with Crippen LogP contribution in [-0.4, -0.2) is 41.7 Å². The Morgan fingerprint density at radius 2 is 2.19 bits per heavy atom. The van der Waals surface area contributed by atoms with Gasteiger partial charge in [-0.25, -0.2) is 0 Å². The fraction of sp³-hybridized carbons (Fsp3) is 0.917. The molecule has 1 saturated carbocycles. The van der Waals surface area contributed by atoms with E-state index in [1.165, 1.54) is 0 Å². The van der Waals surface area contributed by atoms with Crippen molar-refractivity contribution in [3.63, 3.8) is 0 Å². The molecule has 3 N–H and O–H groups in total. The van der Waals surface area contributed by atoms with Gasteiger partial charge in [-0.1, -0.05) is 6.92 Å². The molecule has 1 amide bonds. The quantitative estimate of drug-likeness (QED) is 0.740. The second-order valence-corrected chi connectivity index (χ2v) is 4.80. The van der Waals surface area contributed by atoms with Crippen LogP contribution in [0.25, 0.3) is 0 Å². The molecule has 0 heterocycles.